The largest absolute Gasteiger partial charge is 0.356 e. The third kappa shape index (κ3) is 4.31. The van der Waals surface area contributed by atoms with Gasteiger partial charge < -0.3 is 10.2 Å². The molecule has 12 heteroatoms. The molecular formula is C25H31N9O2S. The summed E-state index contributed by atoms with van der Waals surface area (Å²) in [5, 5.41) is 20.6. The van der Waals surface area contributed by atoms with Gasteiger partial charge >= 0.3 is 0 Å². The summed E-state index contributed by atoms with van der Waals surface area (Å²) in [6.45, 7) is 2.55. The fraction of sp³-hybridized carbons (Fsp3) is 0.520. The highest BCUT2D eigenvalue weighted by atomic mass is 32.2. The van der Waals surface area contributed by atoms with Gasteiger partial charge in [0.2, 0.25) is 0 Å². The first-order valence-corrected chi connectivity index (χ1v) is 14.2. The number of aromatic amines is 1. The zero-order chi connectivity index (χ0) is 25.7. The maximum absolute atomic E-state index is 13.5. The summed E-state index contributed by atoms with van der Waals surface area (Å²) in [4.78, 5) is 11.7. The van der Waals surface area contributed by atoms with Gasteiger partial charge in [0.1, 0.15) is 11.6 Å². The summed E-state index contributed by atoms with van der Waals surface area (Å²) in [7, 11) is -1.51. The lowest BCUT2D eigenvalue weighted by Crippen LogP contribution is -2.64. The predicted molar refractivity (Wildman–Crippen MR) is 140 cm³/mol. The van der Waals surface area contributed by atoms with Crippen molar-refractivity contribution in [3.8, 4) is 6.07 Å². The van der Waals surface area contributed by atoms with Crippen LogP contribution in [0, 0.1) is 24.2 Å². The maximum Gasteiger partial charge on any atom is 0.282 e. The first kappa shape index (κ1) is 24.1. The second kappa shape index (κ2) is 9.24. The van der Waals surface area contributed by atoms with Crippen LogP contribution in [-0.4, -0.2) is 75.5 Å². The Balaban J connectivity index is 1.28. The number of hydrogen-bond acceptors (Lipinski definition) is 8. The van der Waals surface area contributed by atoms with Gasteiger partial charge in [0, 0.05) is 67.7 Å². The van der Waals surface area contributed by atoms with E-state index in [2.05, 4.69) is 38.5 Å². The van der Waals surface area contributed by atoms with Crippen molar-refractivity contribution in [1.82, 2.24) is 28.8 Å². The number of aryl methyl sites for hydroxylation is 1. The van der Waals surface area contributed by atoms with Crippen molar-refractivity contribution in [3.63, 3.8) is 0 Å². The Morgan fingerprint density at radius 1 is 1.19 bits per heavy atom. The van der Waals surface area contributed by atoms with E-state index in [4.69, 9.17) is 10.2 Å². The molecule has 3 aromatic rings. The monoisotopic (exact) mass is 521 g/mol. The Morgan fingerprint density at radius 3 is 2.62 bits per heavy atom. The zero-order valence-electron chi connectivity index (χ0n) is 21.0. The number of rotatable bonds is 6. The number of H-pyrrole nitrogens is 1. The molecule has 0 aliphatic carbocycles. The van der Waals surface area contributed by atoms with E-state index in [1.54, 1.807) is 10.5 Å². The molecule has 2 bridgehead atoms. The molecule has 0 radical (unpaired) electrons. The quantitative estimate of drug-likeness (QED) is 0.506. The first-order chi connectivity index (χ1) is 17.8. The highest BCUT2D eigenvalue weighted by Crippen LogP contribution is 2.41. The van der Waals surface area contributed by atoms with Crippen LogP contribution < -0.4 is 10.2 Å². The molecule has 3 fully saturated rings. The molecule has 6 rings (SSSR count). The van der Waals surface area contributed by atoms with Crippen LogP contribution in [-0.2, 0) is 10.2 Å². The van der Waals surface area contributed by atoms with E-state index < -0.39 is 10.2 Å². The minimum atomic E-state index is -3.56. The van der Waals surface area contributed by atoms with Gasteiger partial charge in [-0.15, -0.1) is 0 Å². The number of hydrogen-bond donors (Lipinski definition) is 2. The Kier molecular flexibility index (Phi) is 6.01. The number of piperidine rings is 2. The Bertz CT molecular complexity index is 1450. The van der Waals surface area contributed by atoms with Crippen LogP contribution in [0.5, 0.6) is 0 Å². The summed E-state index contributed by atoms with van der Waals surface area (Å²) in [5.41, 5.74) is 1.78. The third-order valence-corrected chi connectivity index (χ3v) is 10.0. The van der Waals surface area contributed by atoms with E-state index in [0.717, 1.165) is 54.5 Å². The van der Waals surface area contributed by atoms with E-state index in [1.807, 2.05) is 31.2 Å². The molecule has 194 valence electrons. The molecule has 3 aromatic heterocycles. The van der Waals surface area contributed by atoms with E-state index in [0.29, 0.717) is 24.7 Å². The summed E-state index contributed by atoms with van der Waals surface area (Å²) in [5.74, 6) is 1.97. The second-order valence-corrected chi connectivity index (χ2v) is 12.3. The highest BCUT2D eigenvalue weighted by Gasteiger charge is 2.49. The average molecular weight is 522 g/mol. The van der Waals surface area contributed by atoms with Crippen molar-refractivity contribution in [2.24, 2.45) is 5.92 Å². The zero-order valence-corrected chi connectivity index (χ0v) is 21.8. The number of aromatic nitrogens is 4. The second-order valence-electron chi connectivity index (χ2n) is 10.4. The molecule has 2 unspecified atom stereocenters. The molecular weight excluding hydrogens is 490 g/mol. The molecule has 2 N–H and O–H groups in total. The summed E-state index contributed by atoms with van der Waals surface area (Å²) in [6, 6.07) is 10.00. The molecule has 0 saturated carbocycles. The molecule has 0 spiro atoms. The summed E-state index contributed by atoms with van der Waals surface area (Å²) >= 11 is 0. The van der Waals surface area contributed by atoms with Crippen LogP contribution >= 0.6 is 0 Å². The van der Waals surface area contributed by atoms with E-state index in [-0.39, 0.29) is 24.0 Å². The smallest absolute Gasteiger partial charge is 0.282 e. The van der Waals surface area contributed by atoms with Crippen molar-refractivity contribution in [2.75, 3.05) is 30.4 Å². The Labute approximate surface area is 216 Å². The van der Waals surface area contributed by atoms with E-state index in [1.165, 1.54) is 4.31 Å². The SMILES string of the molecule is Cc1cc(Nc2cc3ncccc3c(N(C)C3CC4CCCC(C3)N4S(=O)(=O)N3CC(C#N)C3)n2)n[nH]1. The van der Waals surface area contributed by atoms with Crippen molar-refractivity contribution in [3.05, 3.63) is 36.2 Å². The van der Waals surface area contributed by atoms with Gasteiger partial charge in [-0.2, -0.15) is 27.4 Å². The topological polar surface area (TPSA) is 134 Å². The van der Waals surface area contributed by atoms with Gasteiger partial charge in [0.25, 0.3) is 10.2 Å². The minimum absolute atomic E-state index is 0.0520. The van der Waals surface area contributed by atoms with Gasteiger partial charge in [-0.05, 0) is 44.7 Å². The van der Waals surface area contributed by atoms with E-state index in [9.17, 15) is 8.42 Å². The fourth-order valence-electron chi connectivity index (χ4n) is 6.02. The van der Waals surface area contributed by atoms with Gasteiger partial charge in [-0.3, -0.25) is 10.1 Å². The third-order valence-electron chi connectivity index (χ3n) is 7.93. The van der Waals surface area contributed by atoms with Crippen molar-refractivity contribution >= 4 is 38.6 Å². The van der Waals surface area contributed by atoms with Crippen molar-refractivity contribution < 1.29 is 8.42 Å². The predicted octanol–water partition coefficient (Wildman–Crippen LogP) is 2.93. The molecule has 3 saturated heterocycles. The average Bonchev–Trinajstić information content (AvgIpc) is 3.25. The molecule has 0 aromatic carbocycles. The molecule has 0 amide bonds. The Morgan fingerprint density at radius 2 is 1.95 bits per heavy atom. The van der Waals surface area contributed by atoms with Crippen LogP contribution in [0.2, 0.25) is 0 Å². The first-order valence-electron chi connectivity index (χ1n) is 12.8. The number of nitrogens with one attached hydrogen (secondary N) is 2. The number of nitriles is 1. The molecule has 2 atom stereocenters. The Hall–Kier alpha value is -3.27. The number of anilines is 3. The molecule has 3 aliphatic heterocycles. The minimum Gasteiger partial charge on any atom is -0.356 e. The van der Waals surface area contributed by atoms with Gasteiger partial charge in [0.05, 0.1) is 17.5 Å². The van der Waals surface area contributed by atoms with Crippen molar-refractivity contribution in [2.45, 2.75) is 57.2 Å². The highest BCUT2D eigenvalue weighted by molar-refractivity contribution is 7.86. The summed E-state index contributed by atoms with van der Waals surface area (Å²) in [6.07, 6.45) is 5.99. The number of pyridine rings is 2. The normalized spacial score (nSPS) is 24.9. The molecule has 11 nitrogen and oxygen atoms in total. The van der Waals surface area contributed by atoms with Gasteiger partial charge in [-0.1, -0.05) is 6.42 Å². The summed E-state index contributed by atoms with van der Waals surface area (Å²) < 4.78 is 30.2. The number of fused-ring (bicyclic) bond motifs is 3. The van der Waals surface area contributed by atoms with Crippen LogP contribution in [0.4, 0.5) is 17.5 Å². The van der Waals surface area contributed by atoms with Gasteiger partial charge in [-0.25, -0.2) is 4.98 Å². The van der Waals surface area contributed by atoms with Gasteiger partial charge in [0.15, 0.2) is 5.82 Å². The standard InChI is InChI=1S/C25H31N9O2S/c1-16-9-24(31-30-16)28-23-12-22-21(7-4-8-27-22)25(29-23)32(2)20-10-18-5-3-6-19(11-20)34(18)37(35,36)33-14-17(13-26)15-33/h4,7-9,12,17-20H,3,5-6,10-11,14-15H2,1-2H3,(H2,28,29,30,31). The lowest BCUT2D eigenvalue weighted by atomic mass is 9.83. The lowest BCUT2D eigenvalue weighted by Gasteiger charge is -2.52. The maximum atomic E-state index is 13.5. The van der Waals surface area contributed by atoms with E-state index >= 15 is 0 Å². The fourth-order valence-corrected chi connectivity index (χ4v) is 8.16. The van der Waals surface area contributed by atoms with Crippen LogP contribution in [0.1, 0.15) is 37.8 Å². The van der Waals surface area contributed by atoms with Crippen molar-refractivity contribution in [1.29, 1.82) is 5.26 Å². The molecule has 37 heavy (non-hydrogen) atoms. The lowest BCUT2D eigenvalue weighted by molar-refractivity contribution is 0.0932. The molecule has 6 heterocycles. The van der Waals surface area contributed by atoms with Crippen LogP contribution in [0.3, 0.4) is 0 Å². The van der Waals surface area contributed by atoms with Crippen LogP contribution in [0.25, 0.3) is 10.9 Å². The number of nitrogens with zero attached hydrogens (tertiary/aromatic N) is 7. The van der Waals surface area contributed by atoms with Crippen LogP contribution in [0.15, 0.2) is 30.5 Å². The molecule has 3 aliphatic rings.